The molecule has 0 aliphatic heterocycles. The number of pyridine rings is 1. The molecule has 0 saturated heterocycles. The first-order chi connectivity index (χ1) is 13.9. The smallest absolute Gasteiger partial charge is 0.474 e. The van der Waals surface area contributed by atoms with E-state index in [-0.39, 0.29) is 11.9 Å². The van der Waals surface area contributed by atoms with Crippen molar-refractivity contribution in [1.29, 1.82) is 0 Å². The van der Waals surface area contributed by atoms with E-state index in [0.29, 0.717) is 17.4 Å². The minimum absolute atomic E-state index is 0.0808. The molecule has 1 saturated carbocycles. The monoisotopic (exact) mass is 404 g/mol. The van der Waals surface area contributed by atoms with E-state index >= 15 is 0 Å². The van der Waals surface area contributed by atoms with Gasteiger partial charge in [0.15, 0.2) is 5.76 Å². The van der Waals surface area contributed by atoms with Gasteiger partial charge in [-0.2, -0.15) is 13.2 Å². The number of alkyl halides is 3. The van der Waals surface area contributed by atoms with E-state index in [4.69, 9.17) is 9.26 Å². The number of carbonyl (C=O) groups excluding carboxylic acids is 1. The van der Waals surface area contributed by atoms with Crippen molar-refractivity contribution >= 4 is 5.97 Å². The molecule has 2 aromatic heterocycles. The quantitative estimate of drug-likeness (QED) is 0.582. The number of rotatable bonds is 5. The third kappa shape index (κ3) is 4.39. The largest absolute Gasteiger partial charge is 0.491 e. The summed E-state index contributed by atoms with van der Waals surface area (Å²) in [4.78, 5) is 15.0. The van der Waals surface area contributed by atoms with Crippen molar-refractivity contribution in [2.75, 3.05) is 0 Å². The first-order valence-corrected chi connectivity index (χ1v) is 8.82. The SMILES string of the molecule is O=C(Oc1cc(-c2ccc(OC3CC(c4ccccc4)C3)nc2)on1)C(F)(F)F. The zero-order valence-corrected chi connectivity index (χ0v) is 14.9. The lowest BCUT2D eigenvalue weighted by molar-refractivity contribution is -0.190. The van der Waals surface area contributed by atoms with Crippen LogP contribution in [0.5, 0.6) is 11.8 Å². The lowest BCUT2D eigenvalue weighted by atomic mass is 9.77. The molecule has 0 unspecified atom stereocenters. The standard InChI is InChI=1S/C20H15F3N2O4/c21-20(22,23)19(26)28-18-10-16(29-25-18)13-6-7-17(24-11-13)27-15-8-14(9-15)12-4-2-1-3-5-12/h1-7,10-11,14-15H,8-9H2. The van der Waals surface area contributed by atoms with Crippen molar-refractivity contribution in [3.8, 4) is 23.1 Å². The molecule has 0 amide bonds. The molecular weight excluding hydrogens is 389 g/mol. The van der Waals surface area contributed by atoms with Crippen LogP contribution in [0.25, 0.3) is 11.3 Å². The van der Waals surface area contributed by atoms with Gasteiger partial charge in [0.25, 0.3) is 5.88 Å². The summed E-state index contributed by atoms with van der Waals surface area (Å²) in [5.74, 6) is -1.92. The van der Waals surface area contributed by atoms with E-state index in [2.05, 4.69) is 27.0 Å². The lowest BCUT2D eigenvalue weighted by Gasteiger charge is -2.35. The zero-order valence-electron chi connectivity index (χ0n) is 14.9. The Hall–Kier alpha value is -3.36. The molecule has 0 atom stereocenters. The van der Waals surface area contributed by atoms with Crippen molar-refractivity contribution in [3.63, 3.8) is 0 Å². The highest BCUT2D eigenvalue weighted by molar-refractivity contribution is 5.78. The van der Waals surface area contributed by atoms with Gasteiger partial charge in [-0.3, -0.25) is 0 Å². The highest BCUT2D eigenvalue weighted by atomic mass is 19.4. The summed E-state index contributed by atoms with van der Waals surface area (Å²) >= 11 is 0. The molecule has 1 aromatic carbocycles. The molecule has 0 bridgehead atoms. The molecule has 150 valence electrons. The second kappa shape index (κ2) is 7.57. The minimum atomic E-state index is -5.11. The predicted molar refractivity (Wildman–Crippen MR) is 94.3 cm³/mol. The first-order valence-electron chi connectivity index (χ1n) is 8.82. The van der Waals surface area contributed by atoms with E-state index in [1.54, 1.807) is 12.1 Å². The second-order valence-corrected chi connectivity index (χ2v) is 6.62. The Morgan fingerprint density at radius 1 is 1.07 bits per heavy atom. The van der Waals surface area contributed by atoms with E-state index in [1.807, 2.05) is 18.2 Å². The Labute approximate surface area is 163 Å². The van der Waals surface area contributed by atoms with Gasteiger partial charge >= 0.3 is 12.1 Å². The van der Waals surface area contributed by atoms with Crippen LogP contribution in [-0.2, 0) is 4.79 Å². The fourth-order valence-electron chi connectivity index (χ4n) is 3.02. The number of hydrogen-bond acceptors (Lipinski definition) is 6. The van der Waals surface area contributed by atoms with Crippen molar-refractivity contribution in [1.82, 2.24) is 10.1 Å². The maximum Gasteiger partial charge on any atom is 0.491 e. The van der Waals surface area contributed by atoms with Gasteiger partial charge in [0, 0.05) is 17.8 Å². The van der Waals surface area contributed by atoms with Gasteiger partial charge in [-0.25, -0.2) is 9.78 Å². The Morgan fingerprint density at radius 3 is 2.48 bits per heavy atom. The number of halogens is 3. The summed E-state index contributed by atoms with van der Waals surface area (Å²) < 4.78 is 51.5. The maximum absolute atomic E-state index is 12.2. The topological polar surface area (TPSA) is 74.5 Å². The average Bonchev–Trinajstić information content (AvgIpc) is 3.13. The van der Waals surface area contributed by atoms with E-state index < -0.39 is 18.0 Å². The molecule has 1 fully saturated rings. The van der Waals surface area contributed by atoms with Gasteiger partial charge in [0.05, 0.1) is 6.07 Å². The third-order valence-corrected chi connectivity index (χ3v) is 4.59. The van der Waals surface area contributed by atoms with Gasteiger partial charge < -0.3 is 14.0 Å². The van der Waals surface area contributed by atoms with Crippen LogP contribution in [0.1, 0.15) is 24.3 Å². The van der Waals surface area contributed by atoms with Gasteiger partial charge in [-0.15, -0.1) is 0 Å². The summed E-state index contributed by atoms with van der Waals surface area (Å²) in [5.41, 5.74) is 1.75. The third-order valence-electron chi connectivity index (χ3n) is 4.59. The summed E-state index contributed by atoms with van der Waals surface area (Å²) in [6.07, 6.45) is -1.77. The second-order valence-electron chi connectivity index (χ2n) is 6.62. The van der Waals surface area contributed by atoms with Crippen LogP contribution < -0.4 is 9.47 Å². The number of benzene rings is 1. The number of nitrogens with zero attached hydrogens (tertiary/aromatic N) is 2. The molecule has 0 spiro atoms. The molecule has 0 N–H and O–H groups in total. The van der Waals surface area contributed by atoms with Crippen LogP contribution in [-0.4, -0.2) is 28.4 Å². The van der Waals surface area contributed by atoms with E-state index in [0.717, 1.165) is 18.9 Å². The Kier molecular flexibility index (Phi) is 4.96. The first kappa shape index (κ1) is 19.0. The number of ether oxygens (including phenoxy) is 2. The van der Waals surface area contributed by atoms with Gasteiger partial charge in [0.1, 0.15) is 6.10 Å². The predicted octanol–water partition coefficient (Wildman–Crippen LogP) is 4.53. The molecule has 1 aliphatic carbocycles. The summed E-state index contributed by atoms with van der Waals surface area (Å²) in [7, 11) is 0. The molecule has 2 heterocycles. The van der Waals surface area contributed by atoms with Gasteiger partial charge in [-0.1, -0.05) is 30.3 Å². The minimum Gasteiger partial charge on any atom is -0.474 e. The summed E-state index contributed by atoms with van der Waals surface area (Å²) in [6, 6.07) is 14.6. The maximum atomic E-state index is 12.2. The van der Waals surface area contributed by atoms with E-state index in [9.17, 15) is 18.0 Å². The average molecular weight is 404 g/mol. The van der Waals surface area contributed by atoms with Gasteiger partial charge in [-0.05, 0) is 35.5 Å². The summed E-state index contributed by atoms with van der Waals surface area (Å²) in [5, 5.41) is 3.30. The Balaban J connectivity index is 1.33. The van der Waals surface area contributed by atoms with Crippen molar-refractivity contribution in [2.45, 2.75) is 31.0 Å². The number of esters is 1. The van der Waals surface area contributed by atoms with Crippen molar-refractivity contribution in [3.05, 3.63) is 60.3 Å². The van der Waals surface area contributed by atoms with Crippen LogP contribution in [0.4, 0.5) is 13.2 Å². The van der Waals surface area contributed by atoms with Crippen LogP contribution in [0.15, 0.2) is 59.3 Å². The highest BCUT2D eigenvalue weighted by Crippen LogP contribution is 2.39. The molecule has 1 aliphatic rings. The molecule has 9 heteroatoms. The number of hydrogen-bond donors (Lipinski definition) is 0. The molecular formula is C20H15F3N2O4. The van der Waals surface area contributed by atoms with Crippen molar-refractivity contribution in [2.24, 2.45) is 0 Å². The molecule has 6 nitrogen and oxygen atoms in total. The van der Waals surface area contributed by atoms with Crippen LogP contribution in [0.3, 0.4) is 0 Å². The fraction of sp³-hybridized carbons (Fsp3) is 0.250. The molecule has 29 heavy (non-hydrogen) atoms. The Morgan fingerprint density at radius 2 is 1.83 bits per heavy atom. The lowest BCUT2D eigenvalue weighted by Crippen LogP contribution is -2.32. The van der Waals surface area contributed by atoms with Crippen LogP contribution in [0.2, 0.25) is 0 Å². The highest BCUT2D eigenvalue weighted by Gasteiger charge is 2.42. The van der Waals surface area contributed by atoms with E-state index in [1.165, 1.54) is 11.8 Å². The summed E-state index contributed by atoms with van der Waals surface area (Å²) in [6.45, 7) is 0. The number of carbonyl (C=O) groups is 1. The van der Waals surface area contributed by atoms with Crippen LogP contribution in [0, 0.1) is 0 Å². The normalized spacial score (nSPS) is 18.7. The van der Waals surface area contributed by atoms with Crippen LogP contribution >= 0.6 is 0 Å². The zero-order chi connectivity index (χ0) is 20.4. The van der Waals surface area contributed by atoms with Gasteiger partial charge in [0.2, 0.25) is 5.88 Å². The Bertz CT molecular complexity index is 981. The fourth-order valence-corrected chi connectivity index (χ4v) is 3.02. The molecule has 4 rings (SSSR count). The van der Waals surface area contributed by atoms with Crippen molar-refractivity contribution < 1.29 is 32.0 Å². The molecule has 3 aromatic rings. The molecule has 0 radical (unpaired) electrons. The number of aromatic nitrogens is 2.